The van der Waals surface area contributed by atoms with E-state index in [-0.39, 0.29) is 0 Å². The summed E-state index contributed by atoms with van der Waals surface area (Å²) in [5.74, 6) is -4.37. The number of aliphatic carboxylic acids is 2. The Morgan fingerprint density at radius 1 is 1.27 bits per heavy atom. The van der Waals surface area contributed by atoms with Crippen molar-refractivity contribution in [2.75, 3.05) is 0 Å². The smallest absolute Gasteiger partial charge is 0.119 e. The summed E-state index contributed by atoms with van der Waals surface area (Å²) in [7, 11) is 0. The molecular formula is C6H8O5-2. The van der Waals surface area contributed by atoms with Gasteiger partial charge in [-0.25, -0.2) is 0 Å². The summed E-state index contributed by atoms with van der Waals surface area (Å²) in [5.41, 5.74) is 0. The van der Waals surface area contributed by atoms with E-state index >= 15 is 0 Å². The number of carbonyl (C=O) groups excluding carboxylic acids is 3. The van der Waals surface area contributed by atoms with Gasteiger partial charge in [0, 0.05) is 6.42 Å². The Hall–Kier alpha value is -1.39. The zero-order chi connectivity index (χ0) is 9.28. The van der Waals surface area contributed by atoms with E-state index in [1.54, 1.807) is 0 Å². The predicted molar refractivity (Wildman–Crippen MR) is 31.0 cm³/mol. The van der Waals surface area contributed by atoms with E-state index in [0.717, 1.165) is 12.7 Å². The summed E-state index contributed by atoms with van der Waals surface area (Å²) in [4.78, 5) is 27.3. The molecule has 5 heteroatoms. The molecule has 0 fully saturated rings. The number of carboxylic acids is 2. The van der Waals surface area contributed by atoms with Gasteiger partial charge in [-0.05, 0) is 6.42 Å². The molecule has 64 valence electrons. The second kappa shape index (κ2) is 8.61. The van der Waals surface area contributed by atoms with Gasteiger partial charge in [-0.2, -0.15) is 0 Å². The molecule has 0 heterocycles. The molecule has 0 atom stereocenters. The monoisotopic (exact) mass is 160 g/mol. The second-order valence-electron chi connectivity index (χ2n) is 1.53. The van der Waals surface area contributed by atoms with Crippen molar-refractivity contribution in [2.24, 2.45) is 0 Å². The minimum atomic E-state index is -2.19. The highest BCUT2D eigenvalue weighted by Crippen LogP contribution is 1.74. The molecular weight excluding hydrogens is 152 g/mol. The molecule has 0 rings (SSSR count). The zero-order valence-corrected chi connectivity index (χ0v) is 6.03. The third kappa shape index (κ3) is 17.7. The lowest BCUT2D eigenvalue weighted by Gasteiger charge is -1.97. The molecule has 0 aromatic rings. The fourth-order valence-electron chi connectivity index (χ4n) is 0.118. The second-order valence-corrected chi connectivity index (χ2v) is 1.53. The molecule has 0 aromatic heterocycles. The lowest BCUT2D eigenvalue weighted by Crippen LogP contribution is -2.42. The van der Waals surface area contributed by atoms with Crippen molar-refractivity contribution in [2.45, 2.75) is 19.8 Å². The van der Waals surface area contributed by atoms with Crippen LogP contribution >= 0.6 is 0 Å². The Morgan fingerprint density at radius 2 is 1.64 bits per heavy atom. The topological polar surface area (TPSA) is 97.3 Å². The van der Waals surface area contributed by atoms with Crippen LogP contribution in [0, 0.1) is 0 Å². The number of rotatable bonds is 2. The standard InChI is InChI=1S/C4H8O.C2H2O4/c1-2-3-4-5;3-1(4)2(5)6/h4H,2-3H2,1H3;(H,3,4)(H,5,6)/p-2. The highest BCUT2D eigenvalue weighted by atomic mass is 16.4. The summed E-state index contributed by atoms with van der Waals surface area (Å²) in [6, 6.07) is 0. The molecule has 0 aromatic carbocycles. The molecule has 0 unspecified atom stereocenters. The van der Waals surface area contributed by atoms with Crippen molar-refractivity contribution < 1.29 is 24.6 Å². The van der Waals surface area contributed by atoms with Gasteiger partial charge in [0.25, 0.3) is 0 Å². The van der Waals surface area contributed by atoms with Crippen LogP contribution in [0.25, 0.3) is 0 Å². The summed E-state index contributed by atoms with van der Waals surface area (Å²) in [6.45, 7) is 1.98. The van der Waals surface area contributed by atoms with Crippen molar-refractivity contribution in [3.63, 3.8) is 0 Å². The van der Waals surface area contributed by atoms with Crippen LogP contribution in [0.3, 0.4) is 0 Å². The number of hydrogen-bond acceptors (Lipinski definition) is 5. The minimum absolute atomic E-state index is 0.708. The van der Waals surface area contributed by atoms with Gasteiger partial charge < -0.3 is 24.6 Å². The maximum absolute atomic E-state index is 9.40. The Balaban J connectivity index is 0. The molecule has 5 nitrogen and oxygen atoms in total. The van der Waals surface area contributed by atoms with Crippen LogP contribution in [-0.4, -0.2) is 18.2 Å². The molecule has 0 radical (unpaired) electrons. The molecule has 0 bridgehead atoms. The highest BCUT2D eigenvalue weighted by Gasteiger charge is 1.75. The summed E-state index contributed by atoms with van der Waals surface area (Å²) < 4.78 is 0. The first-order valence-corrected chi connectivity index (χ1v) is 2.92. The van der Waals surface area contributed by atoms with Crippen molar-refractivity contribution in [1.29, 1.82) is 0 Å². The third-order valence-electron chi connectivity index (χ3n) is 0.573. The van der Waals surface area contributed by atoms with Crippen molar-refractivity contribution in [3.8, 4) is 0 Å². The van der Waals surface area contributed by atoms with Crippen LogP contribution in [-0.2, 0) is 14.4 Å². The van der Waals surface area contributed by atoms with Crippen LogP contribution in [0.5, 0.6) is 0 Å². The average molecular weight is 160 g/mol. The number of unbranched alkanes of at least 4 members (excludes halogenated alkanes) is 1. The van der Waals surface area contributed by atoms with Gasteiger partial charge in [0.05, 0.1) is 11.9 Å². The van der Waals surface area contributed by atoms with E-state index < -0.39 is 11.9 Å². The molecule has 11 heavy (non-hydrogen) atoms. The van der Waals surface area contributed by atoms with Crippen LogP contribution in [0.2, 0.25) is 0 Å². The summed E-state index contributed by atoms with van der Waals surface area (Å²) in [5, 5.41) is 17.9. The van der Waals surface area contributed by atoms with Crippen LogP contribution in [0.15, 0.2) is 0 Å². The lowest BCUT2D eigenvalue weighted by molar-refractivity contribution is -0.345. The first-order chi connectivity index (χ1) is 5.06. The van der Waals surface area contributed by atoms with Gasteiger partial charge in [0.2, 0.25) is 0 Å². The summed E-state index contributed by atoms with van der Waals surface area (Å²) >= 11 is 0. The van der Waals surface area contributed by atoms with E-state index in [0.29, 0.717) is 6.42 Å². The number of hydrogen-bond donors (Lipinski definition) is 0. The molecule has 0 amide bonds. The molecule has 0 saturated heterocycles. The van der Waals surface area contributed by atoms with Gasteiger partial charge >= 0.3 is 0 Å². The van der Waals surface area contributed by atoms with E-state index in [4.69, 9.17) is 19.8 Å². The Labute approximate surface area is 63.6 Å². The molecule has 0 N–H and O–H groups in total. The largest absolute Gasteiger partial charge is 0.543 e. The molecule has 0 aliphatic heterocycles. The Morgan fingerprint density at radius 3 is 1.64 bits per heavy atom. The fourth-order valence-corrected chi connectivity index (χ4v) is 0.118. The maximum Gasteiger partial charge on any atom is 0.119 e. The third-order valence-corrected chi connectivity index (χ3v) is 0.573. The van der Waals surface area contributed by atoms with Gasteiger partial charge in [-0.3, -0.25) is 0 Å². The molecule has 0 spiro atoms. The van der Waals surface area contributed by atoms with Crippen LogP contribution < -0.4 is 10.2 Å². The lowest BCUT2D eigenvalue weighted by atomic mass is 10.4. The minimum Gasteiger partial charge on any atom is -0.543 e. The highest BCUT2D eigenvalue weighted by molar-refractivity contribution is 6.25. The van der Waals surface area contributed by atoms with Crippen molar-refractivity contribution in [1.82, 2.24) is 0 Å². The first-order valence-electron chi connectivity index (χ1n) is 2.92. The van der Waals surface area contributed by atoms with Crippen molar-refractivity contribution in [3.05, 3.63) is 0 Å². The van der Waals surface area contributed by atoms with E-state index in [9.17, 15) is 4.79 Å². The molecule has 0 saturated carbocycles. The zero-order valence-electron chi connectivity index (χ0n) is 6.03. The van der Waals surface area contributed by atoms with Crippen LogP contribution in [0.4, 0.5) is 0 Å². The van der Waals surface area contributed by atoms with E-state index in [2.05, 4.69) is 0 Å². The predicted octanol–water partition coefficient (Wildman–Crippen LogP) is -2.53. The molecule has 0 aliphatic rings. The van der Waals surface area contributed by atoms with E-state index in [1.165, 1.54) is 0 Å². The van der Waals surface area contributed by atoms with Gasteiger partial charge in [-0.15, -0.1) is 0 Å². The van der Waals surface area contributed by atoms with Gasteiger partial charge in [0.15, 0.2) is 0 Å². The number of carbonyl (C=O) groups is 3. The first kappa shape index (κ1) is 12.3. The number of aldehydes is 1. The average Bonchev–Trinajstić information content (AvgIpc) is 1.90. The quantitative estimate of drug-likeness (QED) is 0.327. The normalized spacial score (nSPS) is 7.36. The van der Waals surface area contributed by atoms with Crippen LogP contribution in [0.1, 0.15) is 19.8 Å². The maximum atomic E-state index is 9.40. The van der Waals surface area contributed by atoms with Gasteiger partial charge in [-0.1, -0.05) is 6.92 Å². The van der Waals surface area contributed by atoms with E-state index in [1.807, 2.05) is 6.92 Å². The SMILES string of the molecule is CCCC=O.O=C([O-])C(=O)[O-]. The Kier molecular flexibility index (Phi) is 9.63. The number of carboxylic acid groups (broad SMARTS) is 2. The summed E-state index contributed by atoms with van der Waals surface area (Å²) in [6.07, 6.45) is 2.61. The molecule has 0 aliphatic carbocycles. The fraction of sp³-hybridized carbons (Fsp3) is 0.500. The van der Waals surface area contributed by atoms with Crippen molar-refractivity contribution >= 4 is 18.2 Å². The Bertz CT molecular complexity index is 128. The van der Waals surface area contributed by atoms with Gasteiger partial charge in [0.1, 0.15) is 6.29 Å².